The number of rotatable bonds is 4. The van der Waals surface area contributed by atoms with E-state index in [2.05, 4.69) is 37.1 Å². The number of carbonyl (C=O) groups is 1. The summed E-state index contributed by atoms with van der Waals surface area (Å²) in [6.07, 6.45) is 2.38. The van der Waals surface area contributed by atoms with Crippen molar-refractivity contribution in [2.75, 3.05) is 6.54 Å². The summed E-state index contributed by atoms with van der Waals surface area (Å²) in [6.45, 7) is 7.00. The third-order valence-corrected chi connectivity index (χ3v) is 3.05. The van der Waals surface area contributed by atoms with Crippen molar-refractivity contribution in [1.29, 1.82) is 0 Å². The second-order valence-electron chi connectivity index (χ2n) is 5.19. The summed E-state index contributed by atoms with van der Waals surface area (Å²) < 4.78 is 0. The standard InChI is InChI=1S/C15H20N2O/c1-10(2)8-17-14(18)7-12-9-16-13-6-4-5-11(3)15(12)13/h4-6,9-10,16H,7-8H2,1-3H3,(H,17,18). The van der Waals surface area contributed by atoms with Gasteiger partial charge in [0.1, 0.15) is 0 Å². The van der Waals surface area contributed by atoms with E-state index < -0.39 is 0 Å². The lowest BCUT2D eigenvalue weighted by Gasteiger charge is -2.07. The third kappa shape index (κ3) is 2.73. The van der Waals surface area contributed by atoms with Crippen LogP contribution >= 0.6 is 0 Å². The number of nitrogens with one attached hydrogen (secondary N) is 2. The zero-order valence-electron chi connectivity index (χ0n) is 11.2. The van der Waals surface area contributed by atoms with Crippen LogP contribution in [0.2, 0.25) is 0 Å². The molecule has 2 rings (SSSR count). The van der Waals surface area contributed by atoms with Crippen molar-refractivity contribution >= 4 is 16.8 Å². The highest BCUT2D eigenvalue weighted by Crippen LogP contribution is 2.22. The second kappa shape index (κ2) is 5.25. The van der Waals surface area contributed by atoms with Crippen LogP contribution in [0.25, 0.3) is 10.9 Å². The van der Waals surface area contributed by atoms with Crippen LogP contribution < -0.4 is 5.32 Å². The number of aryl methyl sites for hydroxylation is 1. The smallest absolute Gasteiger partial charge is 0.224 e. The first kappa shape index (κ1) is 12.7. The van der Waals surface area contributed by atoms with E-state index in [-0.39, 0.29) is 5.91 Å². The minimum atomic E-state index is 0.0906. The maximum Gasteiger partial charge on any atom is 0.224 e. The number of hydrogen-bond acceptors (Lipinski definition) is 1. The molecule has 2 N–H and O–H groups in total. The molecule has 0 atom stereocenters. The fraction of sp³-hybridized carbons (Fsp3) is 0.400. The van der Waals surface area contributed by atoms with Gasteiger partial charge < -0.3 is 10.3 Å². The molecule has 1 aromatic heterocycles. The van der Waals surface area contributed by atoms with Crippen molar-refractivity contribution in [3.05, 3.63) is 35.5 Å². The predicted octanol–water partition coefficient (Wildman–Crippen LogP) is 2.79. The minimum Gasteiger partial charge on any atom is -0.361 e. The van der Waals surface area contributed by atoms with Gasteiger partial charge in [-0.1, -0.05) is 26.0 Å². The molecular weight excluding hydrogens is 224 g/mol. The molecule has 0 fully saturated rings. The number of amides is 1. The molecule has 0 bridgehead atoms. The molecule has 0 spiro atoms. The molecule has 2 aromatic rings. The van der Waals surface area contributed by atoms with Crippen molar-refractivity contribution in [2.24, 2.45) is 5.92 Å². The molecule has 0 aliphatic carbocycles. The van der Waals surface area contributed by atoms with Crippen molar-refractivity contribution < 1.29 is 4.79 Å². The van der Waals surface area contributed by atoms with Crippen LogP contribution in [0.15, 0.2) is 24.4 Å². The van der Waals surface area contributed by atoms with Crippen LogP contribution in [-0.4, -0.2) is 17.4 Å². The number of hydrogen-bond donors (Lipinski definition) is 2. The summed E-state index contributed by atoms with van der Waals surface area (Å²) in [7, 11) is 0. The van der Waals surface area contributed by atoms with Crippen molar-refractivity contribution in [3.8, 4) is 0 Å². The molecule has 0 saturated heterocycles. The van der Waals surface area contributed by atoms with E-state index in [0.717, 1.165) is 17.6 Å². The molecule has 0 aliphatic heterocycles. The van der Waals surface area contributed by atoms with Gasteiger partial charge in [-0.3, -0.25) is 4.79 Å². The lowest BCUT2D eigenvalue weighted by Crippen LogP contribution is -2.28. The van der Waals surface area contributed by atoms with Crippen LogP contribution in [0.3, 0.4) is 0 Å². The summed E-state index contributed by atoms with van der Waals surface area (Å²) in [5.41, 5.74) is 3.38. The summed E-state index contributed by atoms with van der Waals surface area (Å²) >= 11 is 0. The van der Waals surface area contributed by atoms with Crippen LogP contribution in [0.1, 0.15) is 25.0 Å². The van der Waals surface area contributed by atoms with E-state index in [1.165, 1.54) is 10.9 Å². The van der Waals surface area contributed by atoms with Gasteiger partial charge in [-0.25, -0.2) is 0 Å². The highest BCUT2D eigenvalue weighted by molar-refractivity contribution is 5.90. The van der Waals surface area contributed by atoms with E-state index >= 15 is 0 Å². The SMILES string of the molecule is Cc1cccc2[nH]cc(CC(=O)NCC(C)C)c12. The molecule has 3 nitrogen and oxygen atoms in total. The van der Waals surface area contributed by atoms with E-state index in [9.17, 15) is 4.79 Å². The van der Waals surface area contributed by atoms with Crippen LogP contribution in [-0.2, 0) is 11.2 Å². The molecule has 3 heteroatoms. The van der Waals surface area contributed by atoms with E-state index in [1.54, 1.807) is 0 Å². The zero-order valence-corrected chi connectivity index (χ0v) is 11.2. The van der Waals surface area contributed by atoms with E-state index in [0.29, 0.717) is 12.3 Å². The summed E-state index contributed by atoms with van der Waals surface area (Å²) in [6, 6.07) is 6.14. The minimum absolute atomic E-state index is 0.0906. The molecule has 18 heavy (non-hydrogen) atoms. The van der Waals surface area contributed by atoms with Crippen molar-refractivity contribution in [2.45, 2.75) is 27.2 Å². The summed E-state index contributed by atoms with van der Waals surface area (Å²) in [4.78, 5) is 15.1. The molecule has 0 radical (unpaired) electrons. The molecule has 1 aromatic carbocycles. The van der Waals surface area contributed by atoms with Gasteiger partial charge in [0, 0.05) is 23.6 Å². The van der Waals surface area contributed by atoms with Gasteiger partial charge >= 0.3 is 0 Å². The highest BCUT2D eigenvalue weighted by atomic mass is 16.1. The van der Waals surface area contributed by atoms with Gasteiger partial charge in [0.25, 0.3) is 0 Å². The van der Waals surface area contributed by atoms with Gasteiger partial charge in [-0.15, -0.1) is 0 Å². The Morgan fingerprint density at radius 2 is 2.17 bits per heavy atom. The van der Waals surface area contributed by atoms with Gasteiger partial charge in [0.2, 0.25) is 5.91 Å². The quantitative estimate of drug-likeness (QED) is 0.853. The number of benzene rings is 1. The Kier molecular flexibility index (Phi) is 3.70. The van der Waals surface area contributed by atoms with Crippen LogP contribution in [0, 0.1) is 12.8 Å². The largest absolute Gasteiger partial charge is 0.361 e. The number of carbonyl (C=O) groups excluding carboxylic acids is 1. The fourth-order valence-electron chi connectivity index (χ4n) is 2.14. The Morgan fingerprint density at radius 1 is 1.39 bits per heavy atom. The van der Waals surface area contributed by atoms with Gasteiger partial charge in [-0.2, -0.15) is 0 Å². The molecule has 96 valence electrons. The van der Waals surface area contributed by atoms with Gasteiger partial charge in [-0.05, 0) is 30.0 Å². The summed E-state index contributed by atoms with van der Waals surface area (Å²) in [5.74, 6) is 0.575. The average Bonchev–Trinajstić information content (AvgIpc) is 2.71. The zero-order chi connectivity index (χ0) is 13.1. The lowest BCUT2D eigenvalue weighted by molar-refractivity contribution is -0.120. The number of aromatic amines is 1. The fourth-order valence-corrected chi connectivity index (χ4v) is 2.14. The Balaban J connectivity index is 2.15. The normalized spacial score (nSPS) is 11.1. The third-order valence-electron chi connectivity index (χ3n) is 3.05. The maximum absolute atomic E-state index is 11.8. The first-order valence-corrected chi connectivity index (χ1v) is 6.40. The van der Waals surface area contributed by atoms with Crippen LogP contribution in [0.5, 0.6) is 0 Å². The molecule has 1 heterocycles. The average molecular weight is 244 g/mol. The van der Waals surface area contributed by atoms with E-state index in [4.69, 9.17) is 0 Å². The highest BCUT2D eigenvalue weighted by Gasteiger charge is 2.10. The lowest BCUT2D eigenvalue weighted by atomic mass is 10.1. The van der Waals surface area contributed by atoms with Gasteiger partial charge in [0.05, 0.1) is 6.42 Å². The Hall–Kier alpha value is -1.77. The Morgan fingerprint density at radius 3 is 2.89 bits per heavy atom. The van der Waals surface area contributed by atoms with Gasteiger partial charge in [0.15, 0.2) is 0 Å². The molecule has 1 amide bonds. The molecule has 0 unspecified atom stereocenters. The monoisotopic (exact) mass is 244 g/mol. The Labute approximate surface area is 108 Å². The number of aromatic nitrogens is 1. The topological polar surface area (TPSA) is 44.9 Å². The predicted molar refractivity (Wildman–Crippen MR) is 74.6 cm³/mol. The van der Waals surface area contributed by atoms with E-state index in [1.807, 2.05) is 18.3 Å². The Bertz CT molecular complexity index is 555. The molecule has 0 aliphatic rings. The first-order valence-electron chi connectivity index (χ1n) is 6.40. The second-order valence-corrected chi connectivity index (χ2v) is 5.19. The number of H-pyrrole nitrogens is 1. The van der Waals surface area contributed by atoms with Crippen LogP contribution in [0.4, 0.5) is 0 Å². The molecular formula is C15H20N2O. The van der Waals surface area contributed by atoms with Crippen molar-refractivity contribution in [1.82, 2.24) is 10.3 Å². The summed E-state index contributed by atoms with van der Waals surface area (Å²) in [5, 5.41) is 4.13. The number of fused-ring (bicyclic) bond motifs is 1. The molecule has 0 saturated carbocycles. The van der Waals surface area contributed by atoms with Crippen molar-refractivity contribution in [3.63, 3.8) is 0 Å². The maximum atomic E-state index is 11.8. The first-order chi connectivity index (χ1) is 8.58.